The van der Waals surface area contributed by atoms with E-state index in [1.165, 1.54) is 4.90 Å². The summed E-state index contributed by atoms with van der Waals surface area (Å²) in [6.07, 6.45) is 2.93. The van der Waals surface area contributed by atoms with Crippen molar-refractivity contribution in [1.82, 2.24) is 4.90 Å². The van der Waals surface area contributed by atoms with Gasteiger partial charge in [0.2, 0.25) is 0 Å². The van der Waals surface area contributed by atoms with Crippen LogP contribution < -0.4 is 0 Å². The summed E-state index contributed by atoms with van der Waals surface area (Å²) in [5, 5.41) is 2.49. The van der Waals surface area contributed by atoms with Crippen LogP contribution >= 0.6 is 0 Å². The third kappa shape index (κ3) is 2.77. The Hall–Kier alpha value is -1.46. The van der Waals surface area contributed by atoms with Crippen LogP contribution in [0.2, 0.25) is 0 Å². The van der Waals surface area contributed by atoms with E-state index in [1.807, 2.05) is 0 Å². The molecule has 0 bridgehead atoms. The lowest BCUT2D eigenvalue weighted by atomic mass is 10.0. The Kier molecular flexibility index (Phi) is 3.60. The van der Waals surface area contributed by atoms with E-state index >= 15 is 0 Å². The van der Waals surface area contributed by atoms with Crippen molar-refractivity contribution < 1.29 is 14.3 Å². The first-order valence-corrected chi connectivity index (χ1v) is 6.72. The van der Waals surface area contributed by atoms with Crippen LogP contribution in [-0.4, -0.2) is 34.6 Å². The Morgan fingerprint density at radius 1 is 1.26 bits per heavy atom. The molecule has 0 N–H and O–H groups in total. The Morgan fingerprint density at radius 2 is 1.95 bits per heavy atom. The lowest BCUT2D eigenvalue weighted by molar-refractivity contribution is -0.122. The van der Waals surface area contributed by atoms with Gasteiger partial charge in [-0.05, 0) is 46.0 Å². The second-order valence-electron chi connectivity index (χ2n) is 6.33. The number of carbonyl (C=O) groups is 2. The van der Waals surface area contributed by atoms with Crippen molar-refractivity contribution in [3.63, 3.8) is 0 Å². The number of ether oxygens (including phenoxy) is 1. The first kappa shape index (κ1) is 14.0. The van der Waals surface area contributed by atoms with Gasteiger partial charge in [-0.15, -0.1) is 4.91 Å². The molecule has 0 aromatic rings. The van der Waals surface area contributed by atoms with Gasteiger partial charge in [-0.3, -0.25) is 9.69 Å². The van der Waals surface area contributed by atoms with Gasteiger partial charge in [-0.1, -0.05) is 6.42 Å². The minimum atomic E-state index is -0.764. The molecule has 0 radical (unpaired) electrons. The standard InChI is InChI=1S/C13H20N2O4/c1-13(2,3)19-12(17)15-9-6-4-5-8(9)7-10(15)11(16)14-18/h8-10H,4-7H2,1-3H3/t8?,9?,10-/m0/s1. The third-order valence-corrected chi connectivity index (χ3v) is 3.82. The first-order chi connectivity index (χ1) is 8.83. The molecule has 6 heteroatoms. The number of carbonyl (C=O) groups excluding carboxylic acids is 2. The normalized spacial score (nSPS) is 30.1. The van der Waals surface area contributed by atoms with E-state index in [-0.39, 0.29) is 6.04 Å². The molecular formula is C13H20N2O4. The van der Waals surface area contributed by atoms with Crippen LogP contribution in [-0.2, 0) is 9.53 Å². The highest BCUT2D eigenvalue weighted by Crippen LogP contribution is 2.42. The van der Waals surface area contributed by atoms with Gasteiger partial charge in [-0.2, -0.15) is 0 Å². The Bertz CT molecular complexity index is 402. The zero-order valence-corrected chi connectivity index (χ0v) is 11.6. The van der Waals surface area contributed by atoms with Crippen molar-refractivity contribution in [3.8, 4) is 0 Å². The Morgan fingerprint density at radius 3 is 2.53 bits per heavy atom. The van der Waals surface area contributed by atoms with Crippen molar-refractivity contribution >= 4 is 12.0 Å². The molecule has 2 aliphatic rings. The number of hydrogen-bond acceptors (Lipinski definition) is 4. The summed E-state index contributed by atoms with van der Waals surface area (Å²) in [5.74, 6) is -0.469. The highest BCUT2D eigenvalue weighted by atomic mass is 16.6. The zero-order valence-electron chi connectivity index (χ0n) is 11.6. The monoisotopic (exact) mass is 268 g/mol. The quantitative estimate of drug-likeness (QED) is 0.684. The van der Waals surface area contributed by atoms with Crippen molar-refractivity contribution in [3.05, 3.63) is 4.91 Å². The van der Waals surface area contributed by atoms with Crippen LogP contribution in [0.4, 0.5) is 4.79 Å². The van der Waals surface area contributed by atoms with Crippen LogP contribution in [0.25, 0.3) is 0 Å². The topological polar surface area (TPSA) is 76.0 Å². The summed E-state index contributed by atoms with van der Waals surface area (Å²) in [7, 11) is 0. The second kappa shape index (κ2) is 4.90. The van der Waals surface area contributed by atoms with E-state index in [0.717, 1.165) is 19.3 Å². The number of nitrogens with zero attached hydrogens (tertiary/aromatic N) is 2. The van der Waals surface area contributed by atoms with Gasteiger partial charge >= 0.3 is 12.0 Å². The molecule has 0 aromatic heterocycles. The summed E-state index contributed by atoms with van der Waals surface area (Å²) >= 11 is 0. The molecule has 6 nitrogen and oxygen atoms in total. The maximum absolute atomic E-state index is 12.2. The minimum absolute atomic E-state index is 0.0190. The maximum Gasteiger partial charge on any atom is 0.411 e. The fourth-order valence-corrected chi connectivity index (χ4v) is 3.15. The molecule has 1 saturated heterocycles. The summed E-state index contributed by atoms with van der Waals surface area (Å²) in [6.45, 7) is 5.34. The molecule has 2 fully saturated rings. The molecule has 1 aliphatic heterocycles. The van der Waals surface area contributed by atoms with Crippen LogP contribution in [0.3, 0.4) is 0 Å². The van der Waals surface area contributed by atoms with Gasteiger partial charge in [0, 0.05) is 11.2 Å². The zero-order chi connectivity index (χ0) is 14.2. The predicted molar refractivity (Wildman–Crippen MR) is 68.4 cm³/mol. The van der Waals surface area contributed by atoms with E-state index in [1.54, 1.807) is 20.8 Å². The summed E-state index contributed by atoms with van der Waals surface area (Å²) in [4.78, 5) is 35.8. The van der Waals surface area contributed by atoms with Gasteiger partial charge in [0.25, 0.3) is 0 Å². The Labute approximate surface area is 112 Å². The van der Waals surface area contributed by atoms with E-state index in [4.69, 9.17) is 4.74 Å². The summed E-state index contributed by atoms with van der Waals surface area (Å²) in [5.41, 5.74) is -0.615. The van der Waals surface area contributed by atoms with E-state index in [2.05, 4.69) is 5.18 Å². The van der Waals surface area contributed by atoms with Crippen molar-refractivity contribution in [1.29, 1.82) is 0 Å². The molecule has 0 spiro atoms. The third-order valence-electron chi connectivity index (χ3n) is 3.82. The largest absolute Gasteiger partial charge is 0.444 e. The van der Waals surface area contributed by atoms with Gasteiger partial charge < -0.3 is 4.74 Å². The lowest BCUT2D eigenvalue weighted by Gasteiger charge is -2.30. The molecule has 106 valence electrons. The molecule has 2 rings (SSSR count). The highest BCUT2D eigenvalue weighted by Gasteiger charge is 2.50. The molecule has 3 atom stereocenters. The van der Waals surface area contributed by atoms with Gasteiger partial charge in [0.1, 0.15) is 11.6 Å². The van der Waals surface area contributed by atoms with E-state index in [9.17, 15) is 14.5 Å². The predicted octanol–water partition coefficient (Wildman–Crippen LogP) is 2.46. The van der Waals surface area contributed by atoms with Crippen LogP contribution in [0, 0.1) is 10.8 Å². The van der Waals surface area contributed by atoms with E-state index < -0.39 is 23.6 Å². The van der Waals surface area contributed by atoms with Crippen LogP contribution in [0.5, 0.6) is 0 Å². The fraction of sp³-hybridized carbons (Fsp3) is 0.846. The fourth-order valence-electron chi connectivity index (χ4n) is 3.15. The molecule has 1 heterocycles. The average molecular weight is 268 g/mol. The first-order valence-electron chi connectivity index (χ1n) is 6.72. The molecule has 2 amide bonds. The SMILES string of the molecule is CC(C)(C)OC(=O)N1C2CCCC2C[C@H]1C(=O)N=O. The number of nitroso groups, excluding NO2 is 1. The van der Waals surface area contributed by atoms with Gasteiger partial charge in [0.15, 0.2) is 0 Å². The molecule has 0 aromatic carbocycles. The minimum Gasteiger partial charge on any atom is -0.444 e. The molecule has 1 saturated carbocycles. The van der Waals surface area contributed by atoms with Crippen molar-refractivity contribution in [2.75, 3.05) is 0 Å². The number of rotatable bonds is 1. The van der Waals surface area contributed by atoms with Crippen molar-refractivity contribution in [2.45, 2.75) is 64.1 Å². The molecule has 19 heavy (non-hydrogen) atoms. The summed E-state index contributed by atoms with van der Waals surface area (Å²) < 4.78 is 5.35. The smallest absolute Gasteiger partial charge is 0.411 e. The van der Waals surface area contributed by atoms with Crippen LogP contribution in [0.15, 0.2) is 5.18 Å². The van der Waals surface area contributed by atoms with E-state index in [0.29, 0.717) is 12.3 Å². The van der Waals surface area contributed by atoms with Gasteiger partial charge in [0.05, 0.1) is 0 Å². The highest BCUT2D eigenvalue weighted by molar-refractivity contribution is 5.87. The Balaban J connectivity index is 2.19. The van der Waals surface area contributed by atoms with Gasteiger partial charge in [-0.25, -0.2) is 4.79 Å². The lowest BCUT2D eigenvalue weighted by Crippen LogP contribution is -2.46. The number of amides is 2. The number of hydrogen-bond donors (Lipinski definition) is 0. The van der Waals surface area contributed by atoms with Crippen LogP contribution in [0.1, 0.15) is 46.5 Å². The van der Waals surface area contributed by atoms with Crippen molar-refractivity contribution in [2.24, 2.45) is 11.1 Å². The number of fused-ring (bicyclic) bond motifs is 1. The maximum atomic E-state index is 12.2. The second-order valence-corrected chi connectivity index (χ2v) is 6.33. The summed E-state index contributed by atoms with van der Waals surface area (Å²) in [6, 6.07) is -0.715. The average Bonchev–Trinajstić information content (AvgIpc) is 2.84. The molecular weight excluding hydrogens is 248 g/mol. The molecule has 2 unspecified atom stereocenters. The molecule has 1 aliphatic carbocycles. The number of likely N-dealkylation sites (tertiary alicyclic amines) is 1.